The van der Waals surface area contributed by atoms with Gasteiger partial charge in [-0.25, -0.2) is 0 Å². The van der Waals surface area contributed by atoms with Gasteiger partial charge in [-0.1, -0.05) is 53.5 Å². The lowest BCUT2D eigenvalue weighted by atomic mass is 9.85. The predicted octanol–water partition coefficient (Wildman–Crippen LogP) is 6.31. The Morgan fingerprint density at radius 3 is 1.30 bits per heavy atom. The Bertz CT molecular complexity index is 829. The molecule has 0 unspecified atom stereocenters. The number of rotatable bonds is 5. The third-order valence-electron chi connectivity index (χ3n) is 4.77. The maximum atomic E-state index is 6.59. The Balaban J connectivity index is 2.14. The van der Waals surface area contributed by atoms with E-state index >= 15 is 0 Å². The van der Waals surface area contributed by atoms with Gasteiger partial charge in [0.15, 0.2) is 0 Å². The number of hydrogen-bond acceptors (Lipinski definition) is 2. The zero-order valence-electron chi connectivity index (χ0n) is 16.1. The molecule has 27 heavy (non-hydrogen) atoms. The Morgan fingerprint density at radius 2 is 0.963 bits per heavy atom. The van der Waals surface area contributed by atoms with E-state index in [1.807, 2.05) is 46.4 Å². The van der Waals surface area contributed by atoms with Gasteiger partial charge in [0.2, 0.25) is 0 Å². The third-order valence-corrected chi connectivity index (χ3v) is 5.43. The van der Waals surface area contributed by atoms with Gasteiger partial charge in [0, 0.05) is 61.1 Å². The van der Waals surface area contributed by atoms with E-state index in [9.17, 15) is 0 Å². The fourth-order valence-corrected chi connectivity index (χ4v) is 3.86. The molecule has 3 aromatic rings. The van der Waals surface area contributed by atoms with E-state index in [4.69, 9.17) is 23.2 Å². The highest BCUT2D eigenvalue weighted by Crippen LogP contribution is 2.40. The van der Waals surface area contributed by atoms with Crippen molar-refractivity contribution in [3.05, 3.63) is 93.5 Å². The van der Waals surface area contributed by atoms with Crippen LogP contribution in [-0.2, 0) is 0 Å². The molecule has 0 N–H and O–H groups in total. The molecule has 0 heterocycles. The standard InChI is InChI=1S/C23H24Cl2N2/c1-26(2)18-12-8-16(9-13-18)22(23-20(24)6-5-7-21(23)25)17-10-14-19(15-11-17)27(3)4/h5-15,22H,1-4H3. The maximum Gasteiger partial charge on any atom is 0.0462 e. The topological polar surface area (TPSA) is 6.48 Å². The van der Waals surface area contributed by atoms with Gasteiger partial charge < -0.3 is 9.80 Å². The summed E-state index contributed by atoms with van der Waals surface area (Å²) in [4.78, 5) is 4.18. The molecule has 0 aliphatic carbocycles. The zero-order valence-corrected chi connectivity index (χ0v) is 17.6. The molecule has 0 aliphatic rings. The zero-order chi connectivity index (χ0) is 19.6. The predicted molar refractivity (Wildman–Crippen MR) is 119 cm³/mol. The van der Waals surface area contributed by atoms with E-state index in [1.165, 1.54) is 0 Å². The minimum absolute atomic E-state index is 0.0291. The van der Waals surface area contributed by atoms with Crippen LogP contribution in [0.2, 0.25) is 10.0 Å². The molecule has 3 aromatic carbocycles. The second kappa shape index (κ2) is 8.24. The van der Waals surface area contributed by atoms with Crippen LogP contribution in [0.5, 0.6) is 0 Å². The fraction of sp³-hybridized carbons (Fsp3) is 0.217. The summed E-state index contributed by atoms with van der Waals surface area (Å²) in [6.45, 7) is 0. The van der Waals surface area contributed by atoms with E-state index in [-0.39, 0.29) is 5.92 Å². The Morgan fingerprint density at radius 1 is 0.593 bits per heavy atom. The fourth-order valence-electron chi connectivity index (χ4n) is 3.24. The van der Waals surface area contributed by atoms with Gasteiger partial charge in [0.1, 0.15) is 0 Å². The van der Waals surface area contributed by atoms with Crippen molar-refractivity contribution >= 4 is 34.6 Å². The molecule has 0 saturated carbocycles. The maximum absolute atomic E-state index is 6.59. The van der Waals surface area contributed by atoms with Crippen LogP contribution in [0.15, 0.2) is 66.7 Å². The monoisotopic (exact) mass is 398 g/mol. The highest BCUT2D eigenvalue weighted by Gasteiger charge is 2.22. The lowest BCUT2D eigenvalue weighted by molar-refractivity contribution is 0.973. The number of nitrogens with zero attached hydrogens (tertiary/aromatic N) is 2. The molecule has 0 aromatic heterocycles. The van der Waals surface area contributed by atoms with Gasteiger partial charge in [-0.3, -0.25) is 0 Å². The summed E-state index contributed by atoms with van der Waals surface area (Å²) in [6.07, 6.45) is 0. The van der Waals surface area contributed by atoms with Gasteiger partial charge in [-0.15, -0.1) is 0 Å². The molecule has 0 atom stereocenters. The Labute approximate surface area is 171 Å². The van der Waals surface area contributed by atoms with Crippen LogP contribution >= 0.6 is 23.2 Å². The summed E-state index contributed by atoms with van der Waals surface area (Å²) in [5, 5.41) is 1.36. The highest BCUT2D eigenvalue weighted by molar-refractivity contribution is 6.36. The second-order valence-corrected chi connectivity index (χ2v) is 7.85. The van der Waals surface area contributed by atoms with Crippen molar-refractivity contribution in [2.75, 3.05) is 38.0 Å². The first-order valence-electron chi connectivity index (χ1n) is 8.87. The molecule has 2 nitrogen and oxygen atoms in total. The van der Waals surface area contributed by atoms with Gasteiger partial charge in [-0.2, -0.15) is 0 Å². The molecular weight excluding hydrogens is 375 g/mol. The van der Waals surface area contributed by atoms with E-state index in [2.05, 4.69) is 58.3 Å². The van der Waals surface area contributed by atoms with Crippen molar-refractivity contribution in [1.82, 2.24) is 0 Å². The van der Waals surface area contributed by atoms with E-state index in [1.54, 1.807) is 0 Å². The van der Waals surface area contributed by atoms with Crippen molar-refractivity contribution in [2.45, 2.75) is 5.92 Å². The smallest absolute Gasteiger partial charge is 0.0462 e. The Hall–Kier alpha value is -2.16. The molecule has 4 heteroatoms. The van der Waals surface area contributed by atoms with Gasteiger partial charge in [0.25, 0.3) is 0 Å². The van der Waals surface area contributed by atoms with Crippen molar-refractivity contribution in [2.24, 2.45) is 0 Å². The van der Waals surface area contributed by atoms with E-state index in [0.29, 0.717) is 10.0 Å². The van der Waals surface area contributed by atoms with Crippen LogP contribution in [0.4, 0.5) is 11.4 Å². The first kappa shape index (κ1) is 19.6. The highest BCUT2D eigenvalue weighted by atomic mass is 35.5. The largest absolute Gasteiger partial charge is 0.378 e. The van der Waals surface area contributed by atoms with Crippen molar-refractivity contribution in [3.63, 3.8) is 0 Å². The van der Waals surface area contributed by atoms with Crippen LogP contribution in [0.25, 0.3) is 0 Å². The van der Waals surface area contributed by atoms with Gasteiger partial charge in [0.05, 0.1) is 0 Å². The third kappa shape index (κ3) is 4.23. The molecule has 0 spiro atoms. The SMILES string of the molecule is CN(C)c1ccc(C(c2ccc(N(C)C)cc2)c2c(Cl)cccc2Cl)cc1. The normalized spacial score (nSPS) is 10.9. The second-order valence-electron chi connectivity index (χ2n) is 7.04. The molecule has 3 rings (SSSR count). The first-order chi connectivity index (χ1) is 12.9. The van der Waals surface area contributed by atoms with Gasteiger partial charge >= 0.3 is 0 Å². The number of halogens is 2. The average Bonchev–Trinajstić information content (AvgIpc) is 2.65. The van der Waals surface area contributed by atoms with Crippen LogP contribution in [0.1, 0.15) is 22.6 Å². The lowest BCUT2D eigenvalue weighted by Gasteiger charge is -2.23. The molecule has 0 fully saturated rings. The van der Waals surface area contributed by atoms with Crippen LogP contribution in [-0.4, -0.2) is 28.2 Å². The van der Waals surface area contributed by atoms with Crippen molar-refractivity contribution < 1.29 is 0 Å². The summed E-state index contributed by atoms with van der Waals surface area (Å²) in [7, 11) is 8.16. The first-order valence-corrected chi connectivity index (χ1v) is 9.62. The summed E-state index contributed by atoms with van der Waals surface area (Å²) in [5.74, 6) is -0.0291. The summed E-state index contributed by atoms with van der Waals surface area (Å²) < 4.78 is 0. The summed E-state index contributed by atoms with van der Waals surface area (Å²) in [6, 6.07) is 22.8. The molecule has 0 radical (unpaired) electrons. The minimum atomic E-state index is -0.0291. The molecular formula is C23H24Cl2N2. The molecule has 0 bridgehead atoms. The van der Waals surface area contributed by atoms with Crippen molar-refractivity contribution in [3.8, 4) is 0 Å². The van der Waals surface area contributed by atoms with Gasteiger partial charge in [-0.05, 0) is 47.5 Å². The van der Waals surface area contributed by atoms with E-state index < -0.39 is 0 Å². The Kier molecular flexibility index (Phi) is 5.98. The molecule has 0 aliphatic heterocycles. The van der Waals surface area contributed by atoms with Crippen LogP contribution in [0, 0.1) is 0 Å². The van der Waals surface area contributed by atoms with E-state index in [0.717, 1.165) is 28.1 Å². The number of benzene rings is 3. The van der Waals surface area contributed by atoms with Crippen molar-refractivity contribution in [1.29, 1.82) is 0 Å². The minimum Gasteiger partial charge on any atom is -0.378 e. The van der Waals surface area contributed by atoms with Crippen LogP contribution < -0.4 is 9.80 Å². The number of anilines is 2. The summed E-state index contributed by atoms with van der Waals surface area (Å²) in [5.41, 5.74) is 5.58. The van der Waals surface area contributed by atoms with Crippen LogP contribution in [0.3, 0.4) is 0 Å². The summed E-state index contributed by atoms with van der Waals surface area (Å²) >= 11 is 13.2. The quantitative estimate of drug-likeness (QED) is 0.464. The lowest BCUT2D eigenvalue weighted by Crippen LogP contribution is -2.10. The molecule has 140 valence electrons. The average molecular weight is 399 g/mol. The molecule has 0 saturated heterocycles. The molecule has 0 amide bonds. The number of hydrogen-bond donors (Lipinski definition) is 0.